The summed E-state index contributed by atoms with van der Waals surface area (Å²) in [4.78, 5) is 0. The van der Waals surface area contributed by atoms with Gasteiger partial charge >= 0.3 is 0 Å². The second-order valence-corrected chi connectivity index (χ2v) is 5.16. The molecule has 0 spiro atoms. The van der Waals surface area contributed by atoms with E-state index in [9.17, 15) is 9.50 Å². The zero-order valence-corrected chi connectivity index (χ0v) is 9.84. The van der Waals surface area contributed by atoms with Gasteiger partial charge in [0, 0.05) is 23.9 Å². The molecule has 4 heteroatoms. The molecule has 2 atom stereocenters. The molecule has 1 aliphatic rings. The molecule has 1 fully saturated rings. The maximum atomic E-state index is 13.3. The van der Waals surface area contributed by atoms with E-state index in [1.54, 1.807) is 18.2 Å². The molecule has 2 rings (SSSR count). The summed E-state index contributed by atoms with van der Waals surface area (Å²) in [5, 5.41) is 13.1. The van der Waals surface area contributed by atoms with Crippen LogP contribution in [0, 0.1) is 5.82 Å². The van der Waals surface area contributed by atoms with Crippen molar-refractivity contribution in [2.45, 2.75) is 18.6 Å². The van der Waals surface area contributed by atoms with Crippen molar-refractivity contribution in [3.63, 3.8) is 0 Å². The van der Waals surface area contributed by atoms with Crippen molar-refractivity contribution in [3.05, 3.63) is 35.6 Å². The van der Waals surface area contributed by atoms with E-state index in [0.717, 1.165) is 12.2 Å². The van der Waals surface area contributed by atoms with Gasteiger partial charge in [-0.25, -0.2) is 4.39 Å². The number of thioether (sulfide) groups is 1. The van der Waals surface area contributed by atoms with Gasteiger partial charge in [-0.05, 0) is 18.2 Å². The number of nitrogens with one attached hydrogen (secondary N) is 1. The van der Waals surface area contributed by atoms with Crippen LogP contribution in [0.3, 0.4) is 0 Å². The monoisotopic (exact) mass is 241 g/mol. The molecule has 88 valence electrons. The molecule has 16 heavy (non-hydrogen) atoms. The van der Waals surface area contributed by atoms with Crippen LogP contribution in [0.4, 0.5) is 4.39 Å². The van der Waals surface area contributed by atoms with Gasteiger partial charge in [-0.1, -0.05) is 18.2 Å². The van der Waals surface area contributed by atoms with Crippen LogP contribution in [0.1, 0.15) is 18.1 Å². The average molecular weight is 241 g/mol. The van der Waals surface area contributed by atoms with Crippen LogP contribution in [-0.2, 0) is 0 Å². The average Bonchev–Trinajstić information content (AvgIpc) is 2.79. The Morgan fingerprint density at radius 2 is 2.31 bits per heavy atom. The van der Waals surface area contributed by atoms with Gasteiger partial charge in [0.25, 0.3) is 0 Å². The van der Waals surface area contributed by atoms with E-state index >= 15 is 0 Å². The Morgan fingerprint density at radius 3 is 3.00 bits per heavy atom. The predicted octanol–water partition coefficient (Wildman–Crippen LogP) is 1.95. The van der Waals surface area contributed by atoms with Crippen molar-refractivity contribution in [1.29, 1.82) is 0 Å². The summed E-state index contributed by atoms with van der Waals surface area (Å²) in [7, 11) is 0. The SMILES string of the molecule is OC(CNC1CCSC1)c1ccccc1F. The molecule has 2 unspecified atom stereocenters. The molecule has 0 bridgehead atoms. The lowest BCUT2D eigenvalue weighted by Crippen LogP contribution is -2.32. The topological polar surface area (TPSA) is 32.3 Å². The Kier molecular flexibility index (Phi) is 4.21. The molecule has 0 aromatic heterocycles. The van der Waals surface area contributed by atoms with Crippen LogP contribution < -0.4 is 5.32 Å². The third kappa shape index (κ3) is 2.97. The molecule has 1 aromatic rings. The maximum absolute atomic E-state index is 13.3. The van der Waals surface area contributed by atoms with Gasteiger partial charge in [0.15, 0.2) is 0 Å². The first-order chi connectivity index (χ1) is 7.77. The zero-order chi connectivity index (χ0) is 11.4. The minimum atomic E-state index is -0.758. The lowest BCUT2D eigenvalue weighted by atomic mass is 10.1. The molecular weight excluding hydrogens is 225 g/mol. The molecule has 0 radical (unpaired) electrons. The van der Waals surface area contributed by atoms with Gasteiger partial charge in [0.2, 0.25) is 0 Å². The number of aliphatic hydroxyl groups is 1. The van der Waals surface area contributed by atoms with Gasteiger partial charge in [-0.2, -0.15) is 11.8 Å². The lowest BCUT2D eigenvalue weighted by molar-refractivity contribution is 0.166. The van der Waals surface area contributed by atoms with Crippen molar-refractivity contribution in [2.75, 3.05) is 18.1 Å². The number of rotatable bonds is 4. The van der Waals surface area contributed by atoms with Crippen molar-refractivity contribution in [2.24, 2.45) is 0 Å². The van der Waals surface area contributed by atoms with Gasteiger partial charge in [-0.3, -0.25) is 0 Å². The first-order valence-corrected chi connectivity index (χ1v) is 6.66. The second kappa shape index (κ2) is 5.66. The first-order valence-electron chi connectivity index (χ1n) is 5.51. The molecule has 2 nitrogen and oxygen atoms in total. The summed E-state index contributed by atoms with van der Waals surface area (Å²) in [5.74, 6) is 1.93. The van der Waals surface area contributed by atoms with E-state index in [2.05, 4.69) is 5.32 Å². The van der Waals surface area contributed by atoms with Crippen LogP contribution in [0.2, 0.25) is 0 Å². The van der Waals surface area contributed by atoms with Crippen LogP contribution in [0.5, 0.6) is 0 Å². The molecule has 1 saturated heterocycles. The largest absolute Gasteiger partial charge is 0.387 e. The van der Waals surface area contributed by atoms with Crippen LogP contribution in [0.25, 0.3) is 0 Å². The summed E-state index contributed by atoms with van der Waals surface area (Å²) in [6.45, 7) is 0.423. The quantitative estimate of drug-likeness (QED) is 0.845. The maximum Gasteiger partial charge on any atom is 0.129 e. The molecule has 2 N–H and O–H groups in total. The number of hydrogen-bond acceptors (Lipinski definition) is 3. The van der Waals surface area contributed by atoms with E-state index in [1.165, 1.54) is 11.8 Å². The van der Waals surface area contributed by atoms with Gasteiger partial charge in [-0.15, -0.1) is 0 Å². The first kappa shape index (κ1) is 11.9. The molecule has 0 aliphatic carbocycles. The molecule has 1 aliphatic heterocycles. The number of benzene rings is 1. The normalized spacial score (nSPS) is 22.2. The fourth-order valence-corrected chi connectivity index (χ4v) is 3.02. The number of hydrogen-bond donors (Lipinski definition) is 2. The van der Waals surface area contributed by atoms with Crippen molar-refractivity contribution >= 4 is 11.8 Å². The number of aliphatic hydroxyl groups excluding tert-OH is 1. The summed E-state index contributed by atoms with van der Waals surface area (Å²) in [6.07, 6.45) is 0.376. The van der Waals surface area contributed by atoms with Gasteiger partial charge in [0.1, 0.15) is 5.82 Å². The highest BCUT2D eigenvalue weighted by atomic mass is 32.2. The summed E-state index contributed by atoms with van der Waals surface area (Å²) >= 11 is 1.91. The van der Waals surface area contributed by atoms with E-state index in [4.69, 9.17) is 0 Å². The summed E-state index contributed by atoms with van der Waals surface area (Å²) in [5.41, 5.74) is 0.376. The Labute approximate surface area is 99.2 Å². The van der Waals surface area contributed by atoms with Crippen molar-refractivity contribution in [3.8, 4) is 0 Å². The van der Waals surface area contributed by atoms with Crippen LogP contribution >= 0.6 is 11.8 Å². The van der Waals surface area contributed by atoms with Crippen LogP contribution in [0.15, 0.2) is 24.3 Å². The molecule has 1 aromatic carbocycles. The lowest BCUT2D eigenvalue weighted by Gasteiger charge is -2.16. The number of halogens is 1. The van der Waals surface area contributed by atoms with Crippen LogP contribution in [-0.4, -0.2) is 29.2 Å². The van der Waals surface area contributed by atoms with Crippen molar-refractivity contribution in [1.82, 2.24) is 5.32 Å². The Hall–Kier alpha value is -0.580. The predicted molar refractivity (Wildman–Crippen MR) is 65.1 cm³/mol. The molecule has 0 saturated carbocycles. The highest BCUT2D eigenvalue weighted by Gasteiger charge is 2.17. The fraction of sp³-hybridized carbons (Fsp3) is 0.500. The third-order valence-electron chi connectivity index (χ3n) is 2.79. The standard InChI is InChI=1S/C12H16FNOS/c13-11-4-2-1-3-10(11)12(15)7-14-9-5-6-16-8-9/h1-4,9,12,14-15H,5-8H2. The zero-order valence-electron chi connectivity index (χ0n) is 9.03. The molecule has 1 heterocycles. The Morgan fingerprint density at radius 1 is 1.50 bits per heavy atom. The van der Waals surface area contributed by atoms with E-state index < -0.39 is 6.10 Å². The van der Waals surface area contributed by atoms with Gasteiger partial charge in [0.05, 0.1) is 6.10 Å². The highest BCUT2D eigenvalue weighted by molar-refractivity contribution is 7.99. The van der Waals surface area contributed by atoms with Crippen molar-refractivity contribution < 1.29 is 9.50 Å². The Bertz CT molecular complexity index is 342. The fourth-order valence-electron chi connectivity index (χ4n) is 1.83. The van der Waals surface area contributed by atoms with E-state index in [0.29, 0.717) is 18.2 Å². The summed E-state index contributed by atoms with van der Waals surface area (Å²) < 4.78 is 13.3. The third-order valence-corrected chi connectivity index (χ3v) is 3.96. The minimum Gasteiger partial charge on any atom is -0.387 e. The molecular formula is C12H16FNOS. The van der Waals surface area contributed by atoms with Gasteiger partial charge < -0.3 is 10.4 Å². The minimum absolute atomic E-state index is 0.336. The van der Waals surface area contributed by atoms with E-state index in [1.807, 2.05) is 11.8 Å². The Balaban J connectivity index is 1.87. The molecule has 0 amide bonds. The summed E-state index contributed by atoms with van der Waals surface area (Å²) in [6, 6.07) is 6.85. The smallest absolute Gasteiger partial charge is 0.129 e. The van der Waals surface area contributed by atoms with E-state index in [-0.39, 0.29) is 5.82 Å². The second-order valence-electron chi connectivity index (χ2n) is 4.01. The highest BCUT2D eigenvalue weighted by Crippen LogP contribution is 2.19.